The molecular weight excluding hydrogens is 308 g/mol. The van der Waals surface area contributed by atoms with E-state index >= 15 is 0 Å². The van der Waals surface area contributed by atoms with Crippen LogP contribution in [0.2, 0.25) is 0 Å². The maximum atomic E-state index is 12.1. The van der Waals surface area contributed by atoms with Crippen molar-refractivity contribution in [2.45, 2.75) is 0 Å². The fourth-order valence-corrected chi connectivity index (χ4v) is 1.95. The Balaban J connectivity index is 2.18. The lowest BCUT2D eigenvalue weighted by atomic mass is 10.2. The largest absolute Gasteiger partial charge is 0.497 e. The van der Waals surface area contributed by atoms with Crippen molar-refractivity contribution in [3.8, 4) is 5.75 Å². The van der Waals surface area contributed by atoms with Gasteiger partial charge in [-0.3, -0.25) is 4.79 Å². The van der Waals surface area contributed by atoms with Gasteiger partial charge in [-0.05, 0) is 52.3 Å². The number of halogens is 1. The number of methoxy groups -OCH3 is 1. The van der Waals surface area contributed by atoms with Crippen LogP contribution in [0.5, 0.6) is 5.75 Å². The molecule has 3 N–H and O–H groups in total. The molecule has 0 heterocycles. The van der Waals surface area contributed by atoms with Gasteiger partial charge in [-0.1, -0.05) is 6.07 Å². The molecule has 2 aromatic carbocycles. The average molecular weight is 321 g/mol. The van der Waals surface area contributed by atoms with E-state index in [1.165, 1.54) is 0 Å². The molecule has 0 unspecified atom stereocenters. The summed E-state index contributed by atoms with van der Waals surface area (Å²) < 4.78 is 5.83. The van der Waals surface area contributed by atoms with Crippen molar-refractivity contribution in [3.05, 3.63) is 52.5 Å². The number of nitrogens with one attached hydrogen (secondary N) is 1. The normalized spacial score (nSPS) is 10.0. The Morgan fingerprint density at radius 3 is 2.74 bits per heavy atom. The first-order valence-corrected chi connectivity index (χ1v) is 6.40. The summed E-state index contributed by atoms with van der Waals surface area (Å²) in [4.78, 5) is 12.1. The second-order valence-electron chi connectivity index (χ2n) is 3.92. The highest BCUT2D eigenvalue weighted by molar-refractivity contribution is 9.10. The van der Waals surface area contributed by atoms with Gasteiger partial charge in [-0.15, -0.1) is 0 Å². The molecule has 2 aromatic rings. The zero-order valence-corrected chi connectivity index (χ0v) is 11.9. The minimum Gasteiger partial charge on any atom is -0.497 e. The Labute approximate surface area is 119 Å². The number of rotatable bonds is 3. The molecule has 0 atom stereocenters. The number of benzene rings is 2. The predicted octanol–water partition coefficient (Wildman–Crippen LogP) is 3.29. The smallest absolute Gasteiger partial charge is 0.255 e. The Kier molecular flexibility index (Phi) is 4.06. The fraction of sp³-hybridized carbons (Fsp3) is 0.0714. The van der Waals surface area contributed by atoms with E-state index < -0.39 is 0 Å². The quantitative estimate of drug-likeness (QED) is 0.853. The van der Waals surface area contributed by atoms with E-state index in [1.807, 2.05) is 0 Å². The Bertz CT molecular complexity index is 614. The second-order valence-corrected chi connectivity index (χ2v) is 4.78. The molecule has 0 fully saturated rings. The van der Waals surface area contributed by atoms with Crippen molar-refractivity contribution in [3.63, 3.8) is 0 Å². The molecule has 0 aliphatic heterocycles. The molecule has 19 heavy (non-hydrogen) atoms. The molecule has 5 heteroatoms. The van der Waals surface area contributed by atoms with Crippen molar-refractivity contribution in [2.24, 2.45) is 0 Å². The minimum atomic E-state index is -0.199. The molecule has 98 valence electrons. The summed E-state index contributed by atoms with van der Waals surface area (Å²) in [5.74, 6) is 0.446. The van der Waals surface area contributed by atoms with Crippen LogP contribution in [-0.2, 0) is 0 Å². The average Bonchev–Trinajstić information content (AvgIpc) is 2.43. The molecule has 0 radical (unpaired) electrons. The van der Waals surface area contributed by atoms with Crippen LogP contribution in [0.15, 0.2) is 46.9 Å². The summed E-state index contributed by atoms with van der Waals surface area (Å²) >= 11 is 3.32. The topological polar surface area (TPSA) is 64.3 Å². The van der Waals surface area contributed by atoms with Gasteiger partial charge in [-0.25, -0.2) is 0 Å². The molecule has 0 aromatic heterocycles. The summed E-state index contributed by atoms with van der Waals surface area (Å²) in [6, 6.07) is 12.2. The van der Waals surface area contributed by atoms with Gasteiger partial charge in [-0.2, -0.15) is 0 Å². The maximum absolute atomic E-state index is 12.1. The summed E-state index contributed by atoms with van der Waals surface area (Å²) in [7, 11) is 1.56. The zero-order chi connectivity index (χ0) is 13.8. The van der Waals surface area contributed by atoms with Gasteiger partial charge in [0.05, 0.1) is 7.11 Å². The summed E-state index contributed by atoms with van der Waals surface area (Å²) in [6.07, 6.45) is 0. The number of anilines is 2. The lowest BCUT2D eigenvalue weighted by Crippen LogP contribution is -2.12. The summed E-state index contributed by atoms with van der Waals surface area (Å²) in [5.41, 5.74) is 7.53. The van der Waals surface area contributed by atoms with E-state index in [0.717, 1.165) is 4.47 Å². The van der Waals surface area contributed by atoms with Gasteiger partial charge in [0.15, 0.2) is 0 Å². The second kappa shape index (κ2) is 5.75. The standard InChI is InChI=1S/C14H13BrN2O2/c1-19-11-4-2-3-9(7-11)14(18)17-10-5-6-13(16)12(15)8-10/h2-8H,16H2,1H3,(H,17,18). The van der Waals surface area contributed by atoms with Crippen LogP contribution < -0.4 is 15.8 Å². The molecule has 1 amide bonds. The van der Waals surface area contributed by atoms with E-state index in [-0.39, 0.29) is 5.91 Å². The predicted molar refractivity (Wildman–Crippen MR) is 79.5 cm³/mol. The van der Waals surface area contributed by atoms with Crippen molar-refractivity contribution in [1.82, 2.24) is 0 Å². The van der Waals surface area contributed by atoms with E-state index in [1.54, 1.807) is 49.6 Å². The third-order valence-corrected chi connectivity index (χ3v) is 3.28. The number of hydrogen-bond donors (Lipinski definition) is 2. The van der Waals surface area contributed by atoms with Crippen LogP contribution >= 0.6 is 15.9 Å². The number of nitrogens with two attached hydrogens (primary N) is 1. The SMILES string of the molecule is COc1cccc(C(=O)Nc2ccc(N)c(Br)c2)c1. The van der Waals surface area contributed by atoms with Gasteiger partial charge < -0.3 is 15.8 Å². The third-order valence-electron chi connectivity index (χ3n) is 2.59. The van der Waals surface area contributed by atoms with Crippen LogP contribution in [0.4, 0.5) is 11.4 Å². The monoisotopic (exact) mass is 320 g/mol. The lowest BCUT2D eigenvalue weighted by molar-refractivity contribution is 0.102. The Morgan fingerprint density at radius 1 is 1.26 bits per heavy atom. The Hall–Kier alpha value is -2.01. The van der Waals surface area contributed by atoms with Gasteiger partial charge >= 0.3 is 0 Å². The molecule has 0 spiro atoms. The Morgan fingerprint density at radius 2 is 2.05 bits per heavy atom. The third kappa shape index (κ3) is 3.26. The zero-order valence-electron chi connectivity index (χ0n) is 10.3. The highest BCUT2D eigenvalue weighted by Crippen LogP contribution is 2.23. The van der Waals surface area contributed by atoms with Crippen LogP contribution in [0.3, 0.4) is 0 Å². The van der Waals surface area contributed by atoms with Crippen LogP contribution in [-0.4, -0.2) is 13.0 Å². The molecule has 0 saturated carbocycles. The summed E-state index contributed by atoms with van der Waals surface area (Å²) in [6.45, 7) is 0. The first kappa shape index (κ1) is 13.4. The number of amides is 1. The molecule has 2 rings (SSSR count). The molecular formula is C14H13BrN2O2. The van der Waals surface area contributed by atoms with Gasteiger partial charge in [0.25, 0.3) is 5.91 Å². The van der Waals surface area contributed by atoms with Gasteiger partial charge in [0, 0.05) is 21.4 Å². The van der Waals surface area contributed by atoms with Crippen LogP contribution in [0.1, 0.15) is 10.4 Å². The first-order chi connectivity index (χ1) is 9.10. The van der Waals surface area contributed by atoms with Crippen molar-refractivity contribution in [1.29, 1.82) is 0 Å². The molecule has 4 nitrogen and oxygen atoms in total. The highest BCUT2D eigenvalue weighted by Gasteiger charge is 2.07. The molecule has 0 aliphatic carbocycles. The maximum Gasteiger partial charge on any atom is 0.255 e. The van der Waals surface area contributed by atoms with Crippen molar-refractivity contribution in [2.75, 3.05) is 18.2 Å². The van der Waals surface area contributed by atoms with Gasteiger partial charge in [0.2, 0.25) is 0 Å². The minimum absolute atomic E-state index is 0.199. The van der Waals surface area contributed by atoms with Crippen molar-refractivity contribution >= 4 is 33.2 Å². The first-order valence-electron chi connectivity index (χ1n) is 5.60. The number of nitrogen functional groups attached to an aromatic ring is 1. The number of hydrogen-bond acceptors (Lipinski definition) is 3. The van der Waals surface area contributed by atoms with E-state index in [4.69, 9.17) is 10.5 Å². The van der Waals surface area contributed by atoms with Crippen molar-refractivity contribution < 1.29 is 9.53 Å². The number of carbonyl (C=O) groups is 1. The van der Waals surface area contributed by atoms with Crippen LogP contribution in [0.25, 0.3) is 0 Å². The molecule has 0 bridgehead atoms. The highest BCUT2D eigenvalue weighted by atomic mass is 79.9. The number of carbonyl (C=O) groups excluding carboxylic acids is 1. The van der Waals surface area contributed by atoms with E-state index in [0.29, 0.717) is 22.7 Å². The summed E-state index contributed by atoms with van der Waals surface area (Å²) in [5, 5.41) is 2.80. The lowest BCUT2D eigenvalue weighted by Gasteiger charge is -2.08. The van der Waals surface area contributed by atoms with Crippen LogP contribution in [0, 0.1) is 0 Å². The molecule has 0 aliphatic rings. The molecule has 0 saturated heterocycles. The van der Waals surface area contributed by atoms with E-state index in [2.05, 4.69) is 21.2 Å². The van der Waals surface area contributed by atoms with Gasteiger partial charge in [0.1, 0.15) is 5.75 Å². The van der Waals surface area contributed by atoms with E-state index in [9.17, 15) is 4.79 Å². The number of ether oxygens (including phenoxy) is 1. The fourth-order valence-electron chi connectivity index (χ4n) is 1.57.